The van der Waals surface area contributed by atoms with E-state index in [-0.39, 0.29) is 6.61 Å². The second kappa shape index (κ2) is 3.40. The van der Waals surface area contributed by atoms with Gasteiger partial charge >= 0.3 is 0 Å². The molecule has 2 N–H and O–H groups in total. The van der Waals surface area contributed by atoms with E-state index in [1.807, 2.05) is 23.7 Å². The molecule has 0 aliphatic carbocycles. The molecule has 0 bridgehead atoms. The lowest BCUT2D eigenvalue weighted by atomic mass is 10.1. The number of nitrogens with zero attached hydrogens (tertiary/aromatic N) is 2. The first-order chi connectivity index (χ1) is 6.74. The van der Waals surface area contributed by atoms with Crippen molar-refractivity contribution in [2.45, 2.75) is 6.10 Å². The van der Waals surface area contributed by atoms with Crippen molar-refractivity contribution < 1.29 is 10.2 Å². The zero-order valence-corrected chi connectivity index (χ0v) is 7.88. The van der Waals surface area contributed by atoms with Crippen LogP contribution in [-0.4, -0.2) is 26.4 Å². The molecule has 0 spiro atoms. The van der Waals surface area contributed by atoms with Crippen molar-refractivity contribution >= 4 is 11.0 Å². The SMILES string of the molecule is Cn1cc(C(O)CO)c2cccnc21. The standard InChI is InChI=1S/C10H12N2O2/c1-12-5-8(9(14)6-13)7-3-2-4-11-10(7)12/h2-5,9,13-14H,6H2,1H3. The number of fused-ring (bicyclic) bond motifs is 1. The van der Waals surface area contributed by atoms with Crippen molar-refractivity contribution in [2.75, 3.05) is 6.61 Å². The molecule has 2 aromatic heterocycles. The molecule has 0 fully saturated rings. The zero-order chi connectivity index (χ0) is 10.1. The molecule has 1 unspecified atom stereocenters. The van der Waals surface area contributed by atoms with E-state index in [0.29, 0.717) is 0 Å². The second-order valence-corrected chi connectivity index (χ2v) is 3.27. The molecule has 0 aliphatic rings. The van der Waals surface area contributed by atoms with Gasteiger partial charge in [0.25, 0.3) is 0 Å². The largest absolute Gasteiger partial charge is 0.393 e. The summed E-state index contributed by atoms with van der Waals surface area (Å²) in [6.07, 6.45) is 2.67. The summed E-state index contributed by atoms with van der Waals surface area (Å²) in [4.78, 5) is 4.19. The van der Waals surface area contributed by atoms with Crippen LogP contribution in [0.2, 0.25) is 0 Å². The van der Waals surface area contributed by atoms with Crippen LogP contribution in [0.1, 0.15) is 11.7 Å². The van der Waals surface area contributed by atoms with Crippen LogP contribution in [0, 0.1) is 0 Å². The van der Waals surface area contributed by atoms with Gasteiger partial charge in [0.05, 0.1) is 6.61 Å². The highest BCUT2D eigenvalue weighted by molar-refractivity contribution is 5.80. The molecular formula is C10H12N2O2. The minimum Gasteiger partial charge on any atom is -0.393 e. The molecule has 2 rings (SSSR count). The molecule has 0 aliphatic heterocycles. The van der Waals surface area contributed by atoms with Crippen molar-refractivity contribution in [3.63, 3.8) is 0 Å². The van der Waals surface area contributed by atoms with Crippen molar-refractivity contribution in [1.82, 2.24) is 9.55 Å². The minimum atomic E-state index is -0.831. The third-order valence-corrected chi connectivity index (χ3v) is 2.30. The van der Waals surface area contributed by atoms with E-state index in [2.05, 4.69) is 4.98 Å². The molecule has 4 nitrogen and oxygen atoms in total. The van der Waals surface area contributed by atoms with Gasteiger partial charge in [-0.3, -0.25) is 0 Å². The van der Waals surface area contributed by atoms with Crippen molar-refractivity contribution in [3.8, 4) is 0 Å². The summed E-state index contributed by atoms with van der Waals surface area (Å²) in [6.45, 7) is -0.270. The summed E-state index contributed by atoms with van der Waals surface area (Å²) in [5.74, 6) is 0. The first-order valence-electron chi connectivity index (χ1n) is 4.43. The fourth-order valence-corrected chi connectivity index (χ4v) is 1.61. The Balaban J connectivity index is 2.66. The Kier molecular flexibility index (Phi) is 2.23. The Hall–Kier alpha value is -1.39. The number of rotatable bonds is 2. The van der Waals surface area contributed by atoms with Crippen LogP contribution in [0.25, 0.3) is 11.0 Å². The summed E-state index contributed by atoms with van der Waals surface area (Å²) < 4.78 is 1.84. The molecule has 0 saturated heterocycles. The number of aromatic nitrogens is 2. The highest BCUT2D eigenvalue weighted by Gasteiger charge is 2.13. The summed E-state index contributed by atoms with van der Waals surface area (Å²) in [5, 5.41) is 19.3. The van der Waals surface area contributed by atoms with E-state index in [4.69, 9.17) is 5.11 Å². The van der Waals surface area contributed by atoms with E-state index in [1.165, 1.54) is 0 Å². The van der Waals surface area contributed by atoms with Gasteiger partial charge in [0.1, 0.15) is 11.8 Å². The molecule has 4 heteroatoms. The fourth-order valence-electron chi connectivity index (χ4n) is 1.61. The normalized spacial score (nSPS) is 13.4. The third-order valence-electron chi connectivity index (χ3n) is 2.30. The summed E-state index contributed by atoms with van der Waals surface area (Å²) in [6, 6.07) is 3.70. The topological polar surface area (TPSA) is 58.3 Å². The maximum absolute atomic E-state index is 9.55. The Bertz CT molecular complexity index is 450. The number of aliphatic hydroxyl groups excluding tert-OH is 2. The number of hydrogen-bond acceptors (Lipinski definition) is 3. The van der Waals surface area contributed by atoms with E-state index in [1.54, 1.807) is 12.4 Å². The van der Waals surface area contributed by atoms with Crippen LogP contribution in [-0.2, 0) is 7.05 Å². The number of pyridine rings is 1. The molecule has 0 aromatic carbocycles. The molecule has 74 valence electrons. The smallest absolute Gasteiger partial charge is 0.139 e. The molecule has 1 atom stereocenters. The number of hydrogen-bond donors (Lipinski definition) is 2. The minimum absolute atomic E-state index is 0.270. The Morgan fingerprint density at radius 1 is 1.57 bits per heavy atom. The molecule has 14 heavy (non-hydrogen) atoms. The van der Waals surface area contributed by atoms with Crippen molar-refractivity contribution in [3.05, 3.63) is 30.1 Å². The summed E-state index contributed by atoms with van der Waals surface area (Å²) in [7, 11) is 1.86. The third kappa shape index (κ3) is 1.29. The lowest BCUT2D eigenvalue weighted by Gasteiger charge is -2.03. The zero-order valence-electron chi connectivity index (χ0n) is 7.88. The van der Waals surface area contributed by atoms with Gasteiger partial charge in [-0.2, -0.15) is 0 Å². The monoisotopic (exact) mass is 192 g/mol. The molecule has 0 saturated carbocycles. The van der Waals surface area contributed by atoms with Gasteiger partial charge in [0, 0.05) is 30.4 Å². The predicted molar refractivity (Wildman–Crippen MR) is 52.8 cm³/mol. The molecule has 0 amide bonds. The summed E-state index contributed by atoms with van der Waals surface area (Å²) in [5.41, 5.74) is 1.54. The highest BCUT2D eigenvalue weighted by Crippen LogP contribution is 2.23. The van der Waals surface area contributed by atoms with Gasteiger partial charge in [0.15, 0.2) is 0 Å². The lowest BCUT2D eigenvalue weighted by Crippen LogP contribution is -2.01. The van der Waals surface area contributed by atoms with Gasteiger partial charge in [-0.05, 0) is 12.1 Å². The van der Waals surface area contributed by atoms with E-state index in [9.17, 15) is 5.11 Å². The first kappa shape index (κ1) is 9.18. The fraction of sp³-hybridized carbons (Fsp3) is 0.300. The van der Waals surface area contributed by atoms with Crippen LogP contribution in [0.5, 0.6) is 0 Å². The van der Waals surface area contributed by atoms with E-state index >= 15 is 0 Å². The molecular weight excluding hydrogens is 180 g/mol. The van der Waals surface area contributed by atoms with Crippen LogP contribution >= 0.6 is 0 Å². The average molecular weight is 192 g/mol. The maximum atomic E-state index is 9.55. The quantitative estimate of drug-likeness (QED) is 0.732. The van der Waals surface area contributed by atoms with Crippen LogP contribution in [0.3, 0.4) is 0 Å². The Labute approximate surface area is 81.4 Å². The van der Waals surface area contributed by atoms with Gasteiger partial charge in [-0.1, -0.05) is 0 Å². The van der Waals surface area contributed by atoms with Crippen molar-refractivity contribution in [2.24, 2.45) is 7.05 Å². The van der Waals surface area contributed by atoms with Gasteiger partial charge in [-0.25, -0.2) is 4.98 Å². The summed E-state index contributed by atoms with van der Waals surface area (Å²) >= 11 is 0. The number of aryl methyl sites for hydroxylation is 1. The predicted octanol–water partition coefficient (Wildman–Crippen LogP) is 0.599. The van der Waals surface area contributed by atoms with Gasteiger partial charge < -0.3 is 14.8 Å². The average Bonchev–Trinajstić information content (AvgIpc) is 2.56. The second-order valence-electron chi connectivity index (χ2n) is 3.27. The first-order valence-corrected chi connectivity index (χ1v) is 4.43. The van der Waals surface area contributed by atoms with Crippen LogP contribution < -0.4 is 0 Å². The van der Waals surface area contributed by atoms with Crippen LogP contribution in [0.15, 0.2) is 24.5 Å². The van der Waals surface area contributed by atoms with Gasteiger partial charge in [-0.15, -0.1) is 0 Å². The number of aliphatic hydroxyl groups is 2. The van der Waals surface area contributed by atoms with Gasteiger partial charge in [0.2, 0.25) is 0 Å². The van der Waals surface area contributed by atoms with Crippen LogP contribution in [0.4, 0.5) is 0 Å². The lowest BCUT2D eigenvalue weighted by molar-refractivity contribution is 0.0966. The molecule has 2 aromatic rings. The highest BCUT2D eigenvalue weighted by atomic mass is 16.3. The van der Waals surface area contributed by atoms with Crippen molar-refractivity contribution in [1.29, 1.82) is 0 Å². The molecule has 2 heterocycles. The Morgan fingerprint density at radius 3 is 3.07 bits per heavy atom. The van der Waals surface area contributed by atoms with E-state index < -0.39 is 6.10 Å². The molecule has 0 radical (unpaired) electrons. The maximum Gasteiger partial charge on any atom is 0.139 e. The Morgan fingerprint density at radius 2 is 2.36 bits per heavy atom. The van der Waals surface area contributed by atoms with E-state index in [0.717, 1.165) is 16.6 Å².